The Morgan fingerprint density at radius 2 is 2.05 bits per heavy atom. The Kier molecular flexibility index (Phi) is 2.52. The topological polar surface area (TPSA) is 43.4 Å². The van der Waals surface area contributed by atoms with Crippen LogP contribution in [0.2, 0.25) is 0 Å². The van der Waals surface area contributed by atoms with Gasteiger partial charge in [-0.15, -0.1) is 0 Å². The van der Waals surface area contributed by atoms with Crippen molar-refractivity contribution in [3.05, 3.63) is 12.2 Å². The Hall–Kier alpha value is -1.12. The van der Waals surface area contributed by atoms with Crippen LogP contribution in [0.1, 0.15) is 46.5 Å². The first kappa shape index (κ1) is 12.9. The van der Waals surface area contributed by atoms with E-state index in [0.717, 1.165) is 24.8 Å². The highest BCUT2D eigenvalue weighted by Gasteiger charge is 2.68. The zero-order valence-electron chi connectivity index (χ0n) is 12.0. The second-order valence-electron chi connectivity index (χ2n) is 7.28. The van der Waals surface area contributed by atoms with Crippen molar-refractivity contribution in [2.45, 2.75) is 52.6 Å². The predicted molar refractivity (Wildman–Crippen MR) is 71.4 cm³/mol. The summed E-state index contributed by atoms with van der Waals surface area (Å²) >= 11 is 0. The molecule has 3 rings (SSSR count). The summed E-state index contributed by atoms with van der Waals surface area (Å²) in [6, 6.07) is 0. The number of hydrogen-bond donors (Lipinski definition) is 0. The molecule has 0 aromatic rings. The summed E-state index contributed by atoms with van der Waals surface area (Å²) in [7, 11) is 0. The van der Waals surface area contributed by atoms with Gasteiger partial charge in [0.05, 0.1) is 0 Å². The third-order valence-corrected chi connectivity index (χ3v) is 5.60. The summed E-state index contributed by atoms with van der Waals surface area (Å²) in [5.41, 5.74) is 1.08. The van der Waals surface area contributed by atoms with E-state index in [4.69, 9.17) is 4.74 Å². The highest BCUT2D eigenvalue weighted by Crippen LogP contribution is 2.69. The van der Waals surface area contributed by atoms with E-state index in [9.17, 15) is 9.59 Å². The minimum Gasteiger partial charge on any atom is -0.462 e. The highest BCUT2D eigenvalue weighted by molar-refractivity contribution is 5.86. The number of ether oxygens (including phenoxy) is 1. The maximum Gasteiger partial charge on any atom is 0.302 e. The molecule has 2 bridgehead atoms. The molecule has 0 N–H and O–H groups in total. The van der Waals surface area contributed by atoms with Crippen molar-refractivity contribution in [2.24, 2.45) is 22.7 Å². The SMILES string of the molecule is C=C1C[C@@H](OC(C)=O)[C@]23CCC(=O)[C@H]2[C@H]1C(C)(C)C3. The number of esters is 1. The molecule has 104 valence electrons. The van der Waals surface area contributed by atoms with E-state index in [1.54, 1.807) is 0 Å². The lowest BCUT2D eigenvalue weighted by Crippen LogP contribution is -2.45. The fourth-order valence-corrected chi connectivity index (χ4v) is 5.30. The lowest BCUT2D eigenvalue weighted by Gasteiger charge is -2.42. The van der Waals surface area contributed by atoms with Crippen molar-refractivity contribution in [3.63, 3.8) is 0 Å². The number of carbonyl (C=O) groups is 2. The van der Waals surface area contributed by atoms with Crippen LogP contribution < -0.4 is 0 Å². The fraction of sp³-hybridized carbons (Fsp3) is 0.750. The zero-order chi connectivity index (χ0) is 14.0. The van der Waals surface area contributed by atoms with E-state index >= 15 is 0 Å². The maximum absolute atomic E-state index is 12.3. The summed E-state index contributed by atoms with van der Waals surface area (Å²) < 4.78 is 5.59. The van der Waals surface area contributed by atoms with Gasteiger partial charge in [-0.2, -0.15) is 0 Å². The van der Waals surface area contributed by atoms with Crippen LogP contribution in [0.3, 0.4) is 0 Å². The second-order valence-corrected chi connectivity index (χ2v) is 7.28. The zero-order valence-corrected chi connectivity index (χ0v) is 12.0. The third kappa shape index (κ3) is 1.56. The minimum absolute atomic E-state index is 0.0353. The largest absolute Gasteiger partial charge is 0.462 e. The van der Waals surface area contributed by atoms with Gasteiger partial charge in [0.1, 0.15) is 11.9 Å². The molecule has 0 spiro atoms. The minimum atomic E-state index is -0.242. The van der Waals surface area contributed by atoms with Crippen LogP contribution in [0.15, 0.2) is 12.2 Å². The quantitative estimate of drug-likeness (QED) is 0.539. The van der Waals surface area contributed by atoms with Gasteiger partial charge in [-0.05, 0) is 24.2 Å². The van der Waals surface area contributed by atoms with Crippen molar-refractivity contribution in [3.8, 4) is 0 Å². The summed E-state index contributed by atoms with van der Waals surface area (Å²) in [4.78, 5) is 23.7. The number of ketones is 1. The summed E-state index contributed by atoms with van der Waals surface area (Å²) in [6.07, 6.45) is 3.08. The van der Waals surface area contributed by atoms with Crippen LogP contribution in [0.25, 0.3) is 0 Å². The van der Waals surface area contributed by atoms with Gasteiger partial charge in [0.15, 0.2) is 0 Å². The molecular formula is C16H22O3. The van der Waals surface area contributed by atoms with Gasteiger partial charge in [-0.1, -0.05) is 26.0 Å². The average molecular weight is 262 g/mol. The highest BCUT2D eigenvalue weighted by atomic mass is 16.5. The molecule has 3 saturated carbocycles. The Morgan fingerprint density at radius 1 is 1.37 bits per heavy atom. The van der Waals surface area contributed by atoms with Crippen LogP contribution >= 0.6 is 0 Å². The maximum atomic E-state index is 12.3. The standard InChI is InChI=1S/C16H22O3/c1-9-7-12(19-10(2)17)16-6-5-11(18)14(16)13(9)15(3,4)8-16/h12-14H,1,5-8H2,2-4H3/t12-,13+,14+,16-/m1/s1. The van der Waals surface area contributed by atoms with E-state index in [-0.39, 0.29) is 34.7 Å². The summed E-state index contributed by atoms with van der Waals surface area (Å²) in [6.45, 7) is 10.1. The molecular weight excluding hydrogens is 240 g/mol. The molecule has 0 heterocycles. The van der Waals surface area contributed by atoms with Gasteiger partial charge < -0.3 is 4.74 Å². The first-order valence-corrected chi connectivity index (χ1v) is 7.15. The first-order valence-electron chi connectivity index (χ1n) is 7.15. The lowest BCUT2D eigenvalue weighted by atomic mass is 9.65. The monoisotopic (exact) mass is 262 g/mol. The van der Waals surface area contributed by atoms with Crippen molar-refractivity contribution < 1.29 is 14.3 Å². The second kappa shape index (κ2) is 3.71. The van der Waals surface area contributed by atoms with Gasteiger partial charge in [0.2, 0.25) is 0 Å². The van der Waals surface area contributed by atoms with E-state index in [2.05, 4.69) is 20.4 Å². The van der Waals surface area contributed by atoms with Crippen LogP contribution in [-0.4, -0.2) is 17.9 Å². The molecule has 3 nitrogen and oxygen atoms in total. The number of rotatable bonds is 1. The van der Waals surface area contributed by atoms with Gasteiger partial charge in [-0.25, -0.2) is 0 Å². The average Bonchev–Trinajstić information content (AvgIpc) is 2.67. The van der Waals surface area contributed by atoms with Crippen LogP contribution in [0.4, 0.5) is 0 Å². The number of hydrogen-bond acceptors (Lipinski definition) is 3. The number of carbonyl (C=O) groups excluding carboxylic acids is 2. The van der Waals surface area contributed by atoms with Crippen LogP contribution in [0.5, 0.6) is 0 Å². The molecule has 4 atom stereocenters. The molecule has 3 fully saturated rings. The predicted octanol–water partition coefficient (Wildman–Crippen LogP) is 2.89. The van der Waals surface area contributed by atoms with Crippen LogP contribution in [0, 0.1) is 22.7 Å². The summed E-state index contributed by atoms with van der Waals surface area (Å²) in [5.74, 6) is 0.421. The number of Topliss-reactive ketones (excluding diaryl/α,β-unsaturated/α-hetero) is 1. The van der Waals surface area contributed by atoms with Crippen molar-refractivity contribution in [1.29, 1.82) is 0 Å². The molecule has 0 unspecified atom stereocenters. The van der Waals surface area contributed by atoms with Gasteiger partial charge in [0, 0.05) is 31.1 Å². The molecule has 0 amide bonds. The Labute approximate surface area is 114 Å². The Balaban J connectivity index is 2.07. The molecule has 0 radical (unpaired) electrons. The lowest BCUT2D eigenvalue weighted by molar-refractivity contribution is -0.158. The van der Waals surface area contributed by atoms with Gasteiger partial charge >= 0.3 is 5.97 Å². The molecule has 3 heteroatoms. The summed E-state index contributed by atoms with van der Waals surface area (Å²) in [5, 5.41) is 0. The van der Waals surface area contributed by atoms with Gasteiger partial charge in [-0.3, -0.25) is 9.59 Å². The smallest absolute Gasteiger partial charge is 0.302 e. The molecule has 0 saturated heterocycles. The molecule has 3 aliphatic rings. The van der Waals surface area contributed by atoms with E-state index in [1.165, 1.54) is 6.92 Å². The Bertz CT molecular complexity index is 476. The van der Waals surface area contributed by atoms with E-state index in [0.29, 0.717) is 12.2 Å². The van der Waals surface area contributed by atoms with E-state index < -0.39 is 0 Å². The van der Waals surface area contributed by atoms with Crippen molar-refractivity contribution >= 4 is 11.8 Å². The van der Waals surface area contributed by atoms with Crippen LogP contribution in [-0.2, 0) is 14.3 Å². The molecule has 3 aliphatic carbocycles. The fourth-order valence-electron chi connectivity index (χ4n) is 5.30. The van der Waals surface area contributed by atoms with Crippen molar-refractivity contribution in [2.75, 3.05) is 0 Å². The molecule has 0 aliphatic heterocycles. The molecule has 0 aromatic carbocycles. The van der Waals surface area contributed by atoms with Gasteiger partial charge in [0.25, 0.3) is 0 Å². The molecule has 19 heavy (non-hydrogen) atoms. The normalized spacial score (nSPS) is 43.2. The first-order chi connectivity index (χ1) is 8.78. The molecule has 0 aromatic heterocycles. The van der Waals surface area contributed by atoms with Crippen molar-refractivity contribution in [1.82, 2.24) is 0 Å². The van der Waals surface area contributed by atoms with E-state index in [1.807, 2.05) is 0 Å². The third-order valence-electron chi connectivity index (χ3n) is 5.60. The Morgan fingerprint density at radius 3 is 2.68 bits per heavy atom.